The molecular formula is C27H33N5O. The van der Waals surface area contributed by atoms with Crippen molar-refractivity contribution in [3.63, 3.8) is 0 Å². The van der Waals surface area contributed by atoms with Crippen molar-refractivity contribution in [3.8, 4) is 0 Å². The van der Waals surface area contributed by atoms with Gasteiger partial charge in [-0.3, -0.25) is 0 Å². The van der Waals surface area contributed by atoms with Crippen molar-refractivity contribution in [2.75, 3.05) is 36.4 Å². The molecule has 0 saturated carbocycles. The third-order valence-electron chi connectivity index (χ3n) is 6.23. The van der Waals surface area contributed by atoms with Gasteiger partial charge in [-0.1, -0.05) is 48.0 Å². The highest BCUT2D eigenvalue weighted by molar-refractivity contribution is 5.90. The molecule has 1 aliphatic rings. The van der Waals surface area contributed by atoms with Crippen molar-refractivity contribution in [1.82, 2.24) is 14.9 Å². The van der Waals surface area contributed by atoms with Crippen LogP contribution in [0.3, 0.4) is 0 Å². The Morgan fingerprint density at radius 2 is 1.73 bits per heavy atom. The molecule has 1 fully saturated rings. The third-order valence-corrected chi connectivity index (χ3v) is 6.23. The molecule has 0 bridgehead atoms. The number of amides is 2. The van der Waals surface area contributed by atoms with E-state index in [1.54, 1.807) is 0 Å². The number of anilines is 2. The summed E-state index contributed by atoms with van der Waals surface area (Å²) in [6, 6.07) is 16.5. The molecule has 33 heavy (non-hydrogen) atoms. The fourth-order valence-corrected chi connectivity index (χ4v) is 4.47. The van der Waals surface area contributed by atoms with E-state index in [9.17, 15) is 4.79 Å². The Hall–Kier alpha value is -3.41. The van der Waals surface area contributed by atoms with E-state index in [1.807, 2.05) is 36.9 Å². The highest BCUT2D eigenvalue weighted by Crippen LogP contribution is 2.25. The number of aryl methyl sites for hydroxylation is 4. The molecule has 6 nitrogen and oxygen atoms in total. The first-order chi connectivity index (χ1) is 15.9. The number of nitrogens with zero attached hydrogens (tertiary/aromatic N) is 4. The Labute approximate surface area is 196 Å². The summed E-state index contributed by atoms with van der Waals surface area (Å²) in [6.07, 6.45) is 1.70. The van der Waals surface area contributed by atoms with Crippen LogP contribution in [0.15, 0.2) is 48.5 Å². The van der Waals surface area contributed by atoms with Crippen LogP contribution in [0.5, 0.6) is 0 Å². The molecule has 6 heteroatoms. The predicted octanol–water partition coefficient (Wildman–Crippen LogP) is 5.05. The van der Waals surface area contributed by atoms with Crippen LogP contribution in [0, 0.1) is 27.7 Å². The minimum Gasteiger partial charge on any atom is -0.354 e. The van der Waals surface area contributed by atoms with Crippen LogP contribution in [-0.4, -0.2) is 47.1 Å². The molecule has 3 aromatic rings. The van der Waals surface area contributed by atoms with E-state index in [0.717, 1.165) is 61.1 Å². The summed E-state index contributed by atoms with van der Waals surface area (Å²) in [7, 11) is 0. The van der Waals surface area contributed by atoms with Gasteiger partial charge >= 0.3 is 6.03 Å². The van der Waals surface area contributed by atoms with E-state index in [0.29, 0.717) is 6.54 Å². The number of hydrogen-bond donors (Lipinski definition) is 1. The number of urea groups is 1. The van der Waals surface area contributed by atoms with Crippen LogP contribution in [0.4, 0.5) is 16.3 Å². The topological polar surface area (TPSA) is 61.4 Å². The molecule has 1 saturated heterocycles. The summed E-state index contributed by atoms with van der Waals surface area (Å²) in [4.78, 5) is 26.7. The molecule has 2 amide bonds. The molecule has 172 valence electrons. The lowest BCUT2D eigenvalue weighted by Gasteiger charge is -2.26. The molecule has 0 spiro atoms. The van der Waals surface area contributed by atoms with Crippen LogP contribution < -0.4 is 10.2 Å². The standard InChI is InChI=1S/C27H33N5O/c1-19-11-12-25(20(2)17-19)30-27(33)32-14-8-13-31(15-16-32)26-24(21(3)28-22(4)29-26)18-23-9-6-5-7-10-23/h5-7,9-12,17H,8,13-16,18H2,1-4H3,(H,30,33). The molecule has 1 N–H and O–H groups in total. The van der Waals surface area contributed by atoms with Crippen molar-refractivity contribution in [1.29, 1.82) is 0 Å². The van der Waals surface area contributed by atoms with Gasteiger partial charge in [-0.25, -0.2) is 14.8 Å². The van der Waals surface area contributed by atoms with E-state index in [4.69, 9.17) is 4.98 Å². The van der Waals surface area contributed by atoms with E-state index >= 15 is 0 Å². The summed E-state index contributed by atoms with van der Waals surface area (Å²) in [5.74, 6) is 1.79. The Balaban J connectivity index is 1.50. The number of benzene rings is 2. The summed E-state index contributed by atoms with van der Waals surface area (Å²) >= 11 is 0. The zero-order chi connectivity index (χ0) is 23.4. The number of nitrogens with one attached hydrogen (secondary N) is 1. The van der Waals surface area contributed by atoms with Gasteiger partial charge in [0.1, 0.15) is 11.6 Å². The maximum Gasteiger partial charge on any atom is 0.321 e. The summed E-state index contributed by atoms with van der Waals surface area (Å²) in [5.41, 5.74) is 6.59. The fraction of sp³-hybridized carbons (Fsp3) is 0.370. The third kappa shape index (κ3) is 5.51. The van der Waals surface area contributed by atoms with Crippen LogP contribution in [-0.2, 0) is 6.42 Å². The van der Waals surface area contributed by atoms with Gasteiger partial charge < -0.3 is 15.1 Å². The SMILES string of the molecule is Cc1ccc(NC(=O)N2CCCN(c3nc(C)nc(C)c3Cc3ccccc3)CC2)c(C)c1. The lowest BCUT2D eigenvalue weighted by molar-refractivity contribution is 0.215. The maximum atomic E-state index is 13.0. The van der Waals surface area contributed by atoms with Crippen LogP contribution in [0.1, 0.15) is 40.2 Å². The monoisotopic (exact) mass is 443 g/mol. The normalized spacial score (nSPS) is 14.2. The highest BCUT2D eigenvalue weighted by Gasteiger charge is 2.23. The largest absolute Gasteiger partial charge is 0.354 e. The Morgan fingerprint density at radius 3 is 2.48 bits per heavy atom. The van der Waals surface area contributed by atoms with Crippen molar-refractivity contribution >= 4 is 17.5 Å². The number of aromatic nitrogens is 2. The molecule has 2 heterocycles. The van der Waals surface area contributed by atoms with Gasteiger partial charge in [0.2, 0.25) is 0 Å². The van der Waals surface area contributed by atoms with Gasteiger partial charge in [-0.05, 0) is 51.3 Å². The summed E-state index contributed by atoms with van der Waals surface area (Å²) < 4.78 is 0. The minimum absolute atomic E-state index is 0.0386. The summed E-state index contributed by atoms with van der Waals surface area (Å²) in [5, 5.41) is 3.09. The van der Waals surface area contributed by atoms with Crippen molar-refractivity contribution < 1.29 is 4.79 Å². The highest BCUT2D eigenvalue weighted by atomic mass is 16.2. The molecule has 2 aromatic carbocycles. The zero-order valence-electron chi connectivity index (χ0n) is 20.1. The molecule has 0 atom stereocenters. The second kappa shape index (κ2) is 10.0. The average Bonchev–Trinajstić information content (AvgIpc) is 3.04. The quantitative estimate of drug-likeness (QED) is 0.613. The van der Waals surface area contributed by atoms with Gasteiger partial charge in [-0.15, -0.1) is 0 Å². The molecule has 1 aromatic heterocycles. The minimum atomic E-state index is -0.0386. The molecular weight excluding hydrogens is 410 g/mol. The van der Waals surface area contributed by atoms with Gasteiger partial charge in [0.25, 0.3) is 0 Å². The molecule has 0 unspecified atom stereocenters. The fourth-order valence-electron chi connectivity index (χ4n) is 4.47. The van der Waals surface area contributed by atoms with Gasteiger partial charge in [0, 0.05) is 49.5 Å². The second-order valence-electron chi connectivity index (χ2n) is 8.90. The van der Waals surface area contributed by atoms with E-state index < -0.39 is 0 Å². The lowest BCUT2D eigenvalue weighted by atomic mass is 10.0. The Morgan fingerprint density at radius 1 is 0.939 bits per heavy atom. The van der Waals surface area contributed by atoms with Gasteiger partial charge in [0.05, 0.1) is 0 Å². The molecule has 0 radical (unpaired) electrons. The van der Waals surface area contributed by atoms with Gasteiger partial charge in [-0.2, -0.15) is 0 Å². The first kappa shape index (κ1) is 22.8. The first-order valence-electron chi connectivity index (χ1n) is 11.7. The molecule has 4 rings (SSSR count). The number of rotatable bonds is 4. The maximum absolute atomic E-state index is 13.0. The van der Waals surface area contributed by atoms with Crippen molar-refractivity contribution in [2.24, 2.45) is 0 Å². The average molecular weight is 444 g/mol. The number of carbonyl (C=O) groups excluding carboxylic acids is 1. The van der Waals surface area contributed by atoms with Crippen molar-refractivity contribution in [3.05, 3.63) is 82.3 Å². The van der Waals surface area contributed by atoms with E-state index in [2.05, 4.69) is 59.4 Å². The number of carbonyl (C=O) groups is 1. The second-order valence-corrected chi connectivity index (χ2v) is 8.90. The van der Waals surface area contributed by atoms with E-state index in [-0.39, 0.29) is 6.03 Å². The van der Waals surface area contributed by atoms with Crippen LogP contribution >= 0.6 is 0 Å². The lowest BCUT2D eigenvalue weighted by Crippen LogP contribution is -2.38. The smallest absolute Gasteiger partial charge is 0.321 e. The van der Waals surface area contributed by atoms with E-state index in [1.165, 1.54) is 16.7 Å². The molecule has 1 aliphatic heterocycles. The predicted molar refractivity (Wildman–Crippen MR) is 134 cm³/mol. The molecule has 0 aliphatic carbocycles. The Kier molecular flexibility index (Phi) is 6.92. The van der Waals surface area contributed by atoms with Crippen LogP contribution in [0.25, 0.3) is 0 Å². The van der Waals surface area contributed by atoms with Crippen molar-refractivity contribution in [2.45, 2.75) is 40.5 Å². The summed E-state index contributed by atoms with van der Waals surface area (Å²) in [6.45, 7) is 11.1. The Bertz CT molecular complexity index is 1130. The van der Waals surface area contributed by atoms with Gasteiger partial charge in [0.15, 0.2) is 0 Å². The van der Waals surface area contributed by atoms with Crippen LogP contribution in [0.2, 0.25) is 0 Å². The first-order valence-corrected chi connectivity index (χ1v) is 11.7. The zero-order valence-corrected chi connectivity index (χ0v) is 20.1. The number of hydrogen-bond acceptors (Lipinski definition) is 4.